The van der Waals surface area contributed by atoms with Crippen LogP contribution in [-0.2, 0) is 12.4 Å². The summed E-state index contributed by atoms with van der Waals surface area (Å²) in [6.45, 7) is 0.249. The summed E-state index contributed by atoms with van der Waals surface area (Å²) < 4.78 is 18.7. The molecule has 1 N–H and O–H groups in total. The number of H-pyrrole nitrogens is 1. The molecule has 6 aromatic rings. The molecule has 0 radical (unpaired) electrons. The van der Waals surface area contributed by atoms with E-state index in [1.807, 2.05) is 77.4 Å². The van der Waals surface area contributed by atoms with Crippen LogP contribution < -0.4 is 9.47 Å². The molecule has 37 heavy (non-hydrogen) atoms. The Bertz CT molecular complexity index is 1630. The van der Waals surface area contributed by atoms with Gasteiger partial charge in [0.15, 0.2) is 11.0 Å². The van der Waals surface area contributed by atoms with Gasteiger partial charge in [0.05, 0.1) is 12.9 Å². The number of ether oxygens (including phenoxy) is 2. The molecule has 0 bridgehead atoms. The highest BCUT2D eigenvalue weighted by molar-refractivity contribution is 7.98. The highest BCUT2D eigenvalue weighted by Crippen LogP contribution is 2.28. The maximum Gasteiger partial charge on any atom is 0.237 e. The summed E-state index contributed by atoms with van der Waals surface area (Å²) >= 11 is 1.44. The van der Waals surface area contributed by atoms with Gasteiger partial charge in [-0.25, -0.2) is 0 Å². The van der Waals surface area contributed by atoms with E-state index < -0.39 is 0 Å². The average molecular weight is 513 g/mol. The Morgan fingerprint density at radius 1 is 0.919 bits per heavy atom. The standard InChI is InChI=1S/C25H20N8O3S/c1-34-18-10-8-17(9-11-18)33-22(14-35-19-5-3-2-4-6-19)29-30-25(33)37-15-23-26-24(31-36-23)16-7-12-20-21(13-16)28-32-27-20/h2-13H,14-15H2,1H3,(H,27,28,32). The van der Waals surface area contributed by atoms with Crippen molar-refractivity contribution < 1.29 is 14.0 Å². The van der Waals surface area contributed by atoms with E-state index >= 15 is 0 Å². The van der Waals surface area contributed by atoms with Crippen molar-refractivity contribution in [2.75, 3.05) is 7.11 Å². The van der Waals surface area contributed by atoms with Crippen molar-refractivity contribution in [3.05, 3.63) is 84.5 Å². The van der Waals surface area contributed by atoms with Gasteiger partial charge in [0, 0.05) is 11.3 Å². The third-order valence-electron chi connectivity index (χ3n) is 5.51. The first-order valence-corrected chi connectivity index (χ1v) is 12.3. The molecule has 0 unspecified atom stereocenters. The molecule has 0 spiro atoms. The van der Waals surface area contributed by atoms with Crippen LogP contribution in [0.3, 0.4) is 0 Å². The van der Waals surface area contributed by atoms with Gasteiger partial charge in [0.2, 0.25) is 11.7 Å². The maximum atomic E-state index is 5.94. The molecule has 3 aromatic heterocycles. The van der Waals surface area contributed by atoms with Crippen LogP contribution in [0.4, 0.5) is 0 Å². The summed E-state index contributed by atoms with van der Waals surface area (Å²) in [5.41, 5.74) is 3.18. The van der Waals surface area contributed by atoms with Gasteiger partial charge >= 0.3 is 0 Å². The van der Waals surface area contributed by atoms with Crippen molar-refractivity contribution in [2.45, 2.75) is 17.5 Å². The van der Waals surface area contributed by atoms with Gasteiger partial charge in [-0.2, -0.15) is 20.4 Å². The highest BCUT2D eigenvalue weighted by atomic mass is 32.2. The molecule has 0 atom stereocenters. The zero-order chi connectivity index (χ0) is 25.0. The van der Waals surface area contributed by atoms with Crippen LogP contribution in [0.15, 0.2) is 82.5 Å². The fourth-order valence-electron chi connectivity index (χ4n) is 3.68. The summed E-state index contributed by atoms with van der Waals surface area (Å²) in [4.78, 5) is 4.54. The molecule has 6 rings (SSSR count). The lowest BCUT2D eigenvalue weighted by molar-refractivity contribution is 0.293. The Morgan fingerprint density at radius 2 is 1.76 bits per heavy atom. The molecular formula is C25H20N8O3S. The molecule has 11 nitrogen and oxygen atoms in total. The number of para-hydroxylation sites is 1. The van der Waals surface area contributed by atoms with Crippen LogP contribution in [0.25, 0.3) is 28.1 Å². The Labute approximate surface area is 214 Å². The van der Waals surface area contributed by atoms with Crippen molar-refractivity contribution in [2.24, 2.45) is 0 Å². The fraction of sp³-hybridized carbons (Fsp3) is 0.120. The number of hydrogen-bond acceptors (Lipinski definition) is 10. The van der Waals surface area contributed by atoms with Crippen molar-refractivity contribution in [1.29, 1.82) is 0 Å². The van der Waals surface area contributed by atoms with E-state index in [0.29, 0.717) is 28.4 Å². The zero-order valence-corrected chi connectivity index (χ0v) is 20.4. The lowest BCUT2D eigenvalue weighted by Gasteiger charge is -2.11. The van der Waals surface area contributed by atoms with Crippen molar-refractivity contribution in [1.82, 2.24) is 40.3 Å². The summed E-state index contributed by atoms with van der Waals surface area (Å²) in [7, 11) is 1.64. The number of rotatable bonds is 9. The van der Waals surface area contributed by atoms with Gasteiger partial charge in [-0.05, 0) is 54.6 Å². The monoisotopic (exact) mass is 512 g/mol. The second-order valence-corrected chi connectivity index (χ2v) is 8.80. The van der Waals surface area contributed by atoms with E-state index in [1.165, 1.54) is 11.8 Å². The Morgan fingerprint density at radius 3 is 2.59 bits per heavy atom. The molecule has 0 aliphatic carbocycles. The number of nitrogens with zero attached hydrogens (tertiary/aromatic N) is 7. The predicted molar refractivity (Wildman–Crippen MR) is 135 cm³/mol. The van der Waals surface area contributed by atoms with Gasteiger partial charge in [0.1, 0.15) is 29.1 Å². The summed E-state index contributed by atoms with van der Waals surface area (Å²) in [5.74, 6) is 3.52. The molecule has 0 aliphatic heterocycles. The number of aromatic nitrogens is 8. The summed E-state index contributed by atoms with van der Waals surface area (Å²) in [5, 5.41) is 24.4. The largest absolute Gasteiger partial charge is 0.497 e. The van der Waals surface area contributed by atoms with Gasteiger partial charge in [-0.1, -0.05) is 35.1 Å². The number of fused-ring (bicyclic) bond motifs is 1. The van der Waals surface area contributed by atoms with E-state index in [0.717, 1.165) is 33.8 Å². The van der Waals surface area contributed by atoms with Gasteiger partial charge in [-0.15, -0.1) is 10.2 Å². The second-order valence-electron chi connectivity index (χ2n) is 7.86. The van der Waals surface area contributed by atoms with Crippen molar-refractivity contribution >= 4 is 22.8 Å². The maximum absolute atomic E-state index is 5.94. The van der Waals surface area contributed by atoms with Crippen LogP contribution >= 0.6 is 11.8 Å². The van der Waals surface area contributed by atoms with Crippen molar-refractivity contribution in [3.8, 4) is 28.6 Å². The number of benzene rings is 3. The summed E-state index contributed by atoms with van der Waals surface area (Å²) in [6, 6.07) is 22.9. The number of thioether (sulfide) groups is 1. The fourth-order valence-corrected chi connectivity index (χ4v) is 4.49. The van der Waals surface area contributed by atoms with Gasteiger partial charge in [-0.3, -0.25) is 4.57 Å². The molecule has 3 aromatic carbocycles. The number of methoxy groups -OCH3 is 1. The first-order valence-electron chi connectivity index (χ1n) is 11.3. The molecule has 12 heteroatoms. The van der Waals surface area contributed by atoms with E-state index in [2.05, 4.69) is 35.7 Å². The molecule has 0 saturated heterocycles. The van der Waals surface area contributed by atoms with Crippen LogP contribution in [0.5, 0.6) is 11.5 Å². The summed E-state index contributed by atoms with van der Waals surface area (Å²) in [6.07, 6.45) is 0. The molecular weight excluding hydrogens is 492 g/mol. The zero-order valence-electron chi connectivity index (χ0n) is 19.6. The molecule has 0 aliphatic rings. The first kappa shape index (κ1) is 22.7. The van der Waals surface area contributed by atoms with E-state index in [-0.39, 0.29) is 6.61 Å². The third kappa shape index (κ3) is 4.86. The van der Waals surface area contributed by atoms with Crippen LogP contribution in [0, 0.1) is 0 Å². The lowest BCUT2D eigenvalue weighted by atomic mass is 10.2. The van der Waals surface area contributed by atoms with Gasteiger partial charge < -0.3 is 14.0 Å². The first-order chi connectivity index (χ1) is 18.3. The Hall–Kier alpha value is -4.71. The van der Waals surface area contributed by atoms with Crippen LogP contribution in [0.2, 0.25) is 0 Å². The average Bonchev–Trinajstić information content (AvgIpc) is 3.70. The molecule has 3 heterocycles. The van der Waals surface area contributed by atoms with Crippen LogP contribution in [-0.4, -0.2) is 47.4 Å². The molecule has 0 amide bonds. The smallest absolute Gasteiger partial charge is 0.237 e. The van der Waals surface area contributed by atoms with E-state index in [9.17, 15) is 0 Å². The second kappa shape index (κ2) is 10.1. The van der Waals surface area contributed by atoms with Gasteiger partial charge in [0.25, 0.3) is 0 Å². The molecule has 184 valence electrons. The minimum Gasteiger partial charge on any atom is -0.497 e. The number of nitrogens with one attached hydrogen (secondary N) is 1. The van der Waals surface area contributed by atoms with E-state index in [4.69, 9.17) is 14.0 Å². The topological polar surface area (TPSA) is 130 Å². The predicted octanol–water partition coefficient (Wildman–Crippen LogP) is 4.47. The number of aromatic amines is 1. The number of hydrogen-bond donors (Lipinski definition) is 1. The lowest BCUT2D eigenvalue weighted by Crippen LogP contribution is -2.06. The van der Waals surface area contributed by atoms with Crippen LogP contribution in [0.1, 0.15) is 11.7 Å². The normalized spacial score (nSPS) is 11.2. The van der Waals surface area contributed by atoms with Crippen molar-refractivity contribution in [3.63, 3.8) is 0 Å². The quantitative estimate of drug-likeness (QED) is 0.277. The highest BCUT2D eigenvalue weighted by Gasteiger charge is 2.18. The third-order valence-corrected chi connectivity index (χ3v) is 6.42. The minimum atomic E-state index is 0.249. The van der Waals surface area contributed by atoms with E-state index in [1.54, 1.807) is 7.11 Å². The molecule has 0 saturated carbocycles. The molecule has 0 fully saturated rings. The Balaban J connectivity index is 1.23. The Kier molecular flexibility index (Phi) is 6.21. The minimum absolute atomic E-state index is 0.249. The SMILES string of the molecule is COc1ccc(-n2c(COc3ccccc3)nnc2SCc2nc(-c3ccc4n[nH]nc4c3)no2)cc1.